The van der Waals surface area contributed by atoms with E-state index in [1.165, 1.54) is 23.4 Å². The smallest absolute Gasteiger partial charge is 0.362 e. The normalized spacial score (nSPS) is 20.6. The molecule has 0 radical (unpaired) electrons. The van der Waals surface area contributed by atoms with Gasteiger partial charge in [0.2, 0.25) is 0 Å². The lowest BCUT2D eigenvalue weighted by Gasteiger charge is -2.43. The molecule has 0 spiro atoms. The summed E-state index contributed by atoms with van der Waals surface area (Å²) in [5.41, 5.74) is 17.1. The highest BCUT2D eigenvalue weighted by molar-refractivity contribution is 8.02. The molecule has 2 aromatic rings. The van der Waals surface area contributed by atoms with E-state index in [2.05, 4.69) is 26.0 Å². The van der Waals surface area contributed by atoms with Gasteiger partial charge in [-0.05, 0) is 24.3 Å². The molecule has 3 unspecified atom stereocenters. The number of hydrogen-bond donors (Lipinski definition) is 7. The number of nitrogens with zero attached hydrogens (tertiary/aromatic N) is 5. The third-order valence-electron chi connectivity index (χ3n) is 5.71. The van der Waals surface area contributed by atoms with Crippen LogP contribution in [0.2, 0.25) is 0 Å². The first kappa shape index (κ1) is 29.7. The zero-order valence-electron chi connectivity index (χ0n) is 21.2. The number of carbonyl (C=O) groups is 2. The molecule has 1 saturated heterocycles. The number of ether oxygens (including phenoxy) is 1. The van der Waals surface area contributed by atoms with Crippen LogP contribution in [0.1, 0.15) is 11.3 Å². The van der Waals surface area contributed by atoms with Gasteiger partial charge in [0, 0.05) is 17.5 Å². The first-order valence-electron chi connectivity index (χ1n) is 11.8. The van der Waals surface area contributed by atoms with Crippen molar-refractivity contribution in [3.8, 4) is 5.75 Å². The number of amidine groups is 1. The van der Waals surface area contributed by atoms with Gasteiger partial charge in [-0.15, -0.1) is 0 Å². The SMILES string of the molecule is N=C(N)c1ccc(OCCO/N=C(\C(=O)NC2C(=O)N(S(=O)(=O)O)C2Cn2ncc(CN)n2)C2=CSC(N)N2)cc1. The summed E-state index contributed by atoms with van der Waals surface area (Å²) in [5, 5.41) is 26.1. The highest BCUT2D eigenvalue weighted by Gasteiger charge is 2.54. The summed E-state index contributed by atoms with van der Waals surface area (Å²) >= 11 is 1.17. The summed E-state index contributed by atoms with van der Waals surface area (Å²) in [6, 6.07) is 3.88. The molecule has 4 rings (SSSR count). The summed E-state index contributed by atoms with van der Waals surface area (Å²) in [5.74, 6) is -1.53. The van der Waals surface area contributed by atoms with Crippen molar-refractivity contribution in [3.63, 3.8) is 0 Å². The van der Waals surface area contributed by atoms with E-state index >= 15 is 0 Å². The van der Waals surface area contributed by atoms with E-state index in [4.69, 9.17) is 32.2 Å². The van der Waals surface area contributed by atoms with Crippen molar-refractivity contribution >= 4 is 45.4 Å². The van der Waals surface area contributed by atoms with E-state index in [1.54, 1.807) is 24.3 Å². The maximum atomic E-state index is 13.2. The molecule has 220 valence electrons. The zero-order chi connectivity index (χ0) is 29.7. The Balaban J connectivity index is 1.43. The Hall–Kier alpha value is -4.24. The van der Waals surface area contributed by atoms with Gasteiger partial charge in [-0.25, -0.2) is 4.31 Å². The molecule has 0 saturated carbocycles. The molecule has 2 amide bonds. The Morgan fingerprint density at radius 2 is 2.02 bits per heavy atom. The molecule has 1 aromatic heterocycles. The molecular weight excluding hydrogens is 582 g/mol. The van der Waals surface area contributed by atoms with Gasteiger partial charge in [0.25, 0.3) is 11.8 Å². The van der Waals surface area contributed by atoms with Crippen LogP contribution in [0.25, 0.3) is 0 Å². The lowest BCUT2D eigenvalue weighted by Crippen LogP contribution is -2.73. The number of amides is 2. The molecule has 3 atom stereocenters. The first-order chi connectivity index (χ1) is 19.5. The van der Waals surface area contributed by atoms with Crippen molar-refractivity contribution < 1.29 is 32.1 Å². The average Bonchev–Trinajstić information content (AvgIpc) is 3.57. The summed E-state index contributed by atoms with van der Waals surface area (Å²) in [7, 11) is -4.94. The number of nitrogens with one attached hydrogen (secondary N) is 3. The van der Waals surface area contributed by atoms with E-state index in [0.717, 1.165) is 4.80 Å². The van der Waals surface area contributed by atoms with Gasteiger partial charge >= 0.3 is 10.3 Å². The van der Waals surface area contributed by atoms with Crippen molar-refractivity contribution in [2.75, 3.05) is 13.2 Å². The fourth-order valence-corrected chi connectivity index (χ4v) is 5.30. The van der Waals surface area contributed by atoms with Gasteiger partial charge in [-0.1, -0.05) is 16.9 Å². The largest absolute Gasteiger partial charge is 0.490 e. The number of carbonyl (C=O) groups excluding carboxylic acids is 2. The molecular formula is C21H27N11O7S2. The Bertz CT molecular complexity index is 1480. The molecule has 0 aliphatic carbocycles. The molecule has 3 heterocycles. The summed E-state index contributed by atoms with van der Waals surface area (Å²) in [6.45, 7) is -0.225. The minimum atomic E-state index is -4.94. The number of nitrogens with two attached hydrogens (primary N) is 3. The van der Waals surface area contributed by atoms with Crippen LogP contribution in [-0.2, 0) is 37.8 Å². The third kappa shape index (κ3) is 7.10. The monoisotopic (exact) mass is 609 g/mol. The van der Waals surface area contributed by atoms with Crippen molar-refractivity contribution in [2.24, 2.45) is 22.4 Å². The number of rotatable bonds is 13. The van der Waals surface area contributed by atoms with Gasteiger partial charge in [0.1, 0.15) is 35.8 Å². The number of oxime groups is 1. The van der Waals surface area contributed by atoms with Crippen LogP contribution in [0.15, 0.2) is 46.7 Å². The molecule has 1 aromatic carbocycles. The molecule has 0 bridgehead atoms. The fourth-order valence-electron chi connectivity index (χ4n) is 3.77. The molecule has 2 aliphatic heterocycles. The van der Waals surface area contributed by atoms with E-state index < -0.39 is 39.7 Å². The van der Waals surface area contributed by atoms with Crippen molar-refractivity contribution in [1.29, 1.82) is 5.41 Å². The second-order valence-electron chi connectivity index (χ2n) is 8.52. The Morgan fingerprint density at radius 1 is 1.29 bits per heavy atom. The number of β-lactam (4-membered cyclic amide) rings is 1. The van der Waals surface area contributed by atoms with Crippen molar-refractivity contribution in [1.82, 2.24) is 29.9 Å². The van der Waals surface area contributed by atoms with Crippen LogP contribution in [-0.4, -0.2) is 86.4 Å². The predicted octanol–water partition coefficient (Wildman–Crippen LogP) is -2.61. The number of hydrogen-bond acceptors (Lipinski definition) is 14. The van der Waals surface area contributed by atoms with Gasteiger partial charge in [0.15, 0.2) is 12.3 Å². The molecule has 41 heavy (non-hydrogen) atoms. The predicted molar refractivity (Wildman–Crippen MR) is 145 cm³/mol. The van der Waals surface area contributed by atoms with Crippen LogP contribution in [0.3, 0.4) is 0 Å². The standard InChI is InChI=1S/C21H27N11O7S2/c22-7-12-8-26-31(29-12)9-15-17(20(34)32(15)41(35,36)37)28-19(33)16(14-10-40-21(25)27-14)30-39-6-5-38-13-3-1-11(2-4-13)18(23)24/h1-4,8,10,15,17,21,27H,5-7,9,22,25H2,(H3,23,24)(H,28,33)(H,35,36,37)/b30-16-. The number of thioether (sulfide) groups is 1. The van der Waals surface area contributed by atoms with Crippen molar-refractivity contribution in [3.05, 3.63) is 52.8 Å². The van der Waals surface area contributed by atoms with E-state index in [0.29, 0.717) is 17.0 Å². The summed E-state index contributed by atoms with van der Waals surface area (Å²) in [4.78, 5) is 32.2. The molecule has 10 N–H and O–H groups in total. The fraction of sp³-hybridized carbons (Fsp3) is 0.333. The second kappa shape index (κ2) is 12.5. The average molecular weight is 610 g/mol. The van der Waals surface area contributed by atoms with Crippen LogP contribution < -0.4 is 32.6 Å². The first-order valence-corrected chi connectivity index (χ1v) is 14.2. The maximum absolute atomic E-state index is 13.2. The minimum absolute atomic E-state index is 0.0483. The van der Waals surface area contributed by atoms with Crippen LogP contribution >= 0.6 is 11.8 Å². The Labute approximate surface area is 237 Å². The lowest BCUT2D eigenvalue weighted by molar-refractivity contribution is -0.145. The zero-order valence-corrected chi connectivity index (χ0v) is 22.8. The minimum Gasteiger partial charge on any atom is -0.490 e. The topological polar surface area (TPSA) is 279 Å². The second-order valence-corrected chi connectivity index (χ2v) is 10.8. The number of benzene rings is 1. The highest BCUT2D eigenvalue weighted by Crippen LogP contribution is 2.25. The van der Waals surface area contributed by atoms with Crippen molar-refractivity contribution in [2.45, 2.75) is 30.7 Å². The summed E-state index contributed by atoms with van der Waals surface area (Å²) < 4.78 is 39.0. The quantitative estimate of drug-likeness (QED) is 0.0306. The summed E-state index contributed by atoms with van der Waals surface area (Å²) in [6.07, 6.45) is 1.36. The van der Waals surface area contributed by atoms with Gasteiger partial charge in [-0.2, -0.15) is 23.4 Å². The molecule has 1 fully saturated rings. The third-order valence-corrected chi connectivity index (χ3v) is 7.44. The van der Waals surface area contributed by atoms with Gasteiger partial charge < -0.3 is 37.4 Å². The van der Waals surface area contributed by atoms with E-state index in [1.807, 2.05) is 0 Å². The van der Waals surface area contributed by atoms with Crippen LogP contribution in [0.5, 0.6) is 5.75 Å². The lowest BCUT2D eigenvalue weighted by atomic mass is 9.98. The molecule has 18 nitrogen and oxygen atoms in total. The molecule has 2 aliphatic rings. The molecule has 20 heteroatoms. The Morgan fingerprint density at radius 3 is 2.61 bits per heavy atom. The van der Waals surface area contributed by atoms with Crippen LogP contribution in [0.4, 0.5) is 0 Å². The highest BCUT2D eigenvalue weighted by atomic mass is 32.2. The Kier molecular flexibility index (Phi) is 9.08. The number of aromatic nitrogens is 3. The van der Waals surface area contributed by atoms with Crippen LogP contribution in [0, 0.1) is 5.41 Å². The maximum Gasteiger partial charge on any atom is 0.362 e. The van der Waals surface area contributed by atoms with E-state index in [9.17, 15) is 22.6 Å². The van der Waals surface area contributed by atoms with Gasteiger partial charge in [-0.3, -0.25) is 19.6 Å². The van der Waals surface area contributed by atoms with E-state index in [-0.39, 0.29) is 47.9 Å². The number of nitrogen functional groups attached to an aromatic ring is 1. The van der Waals surface area contributed by atoms with Gasteiger partial charge in [0.05, 0.1) is 24.1 Å².